The molecule has 0 saturated heterocycles. The second kappa shape index (κ2) is 9.15. The molecule has 0 saturated carbocycles. The number of benzene rings is 1. The van der Waals surface area contributed by atoms with Crippen molar-refractivity contribution < 1.29 is 9.72 Å². The van der Waals surface area contributed by atoms with Crippen LogP contribution in [0.15, 0.2) is 18.2 Å². The zero-order valence-electron chi connectivity index (χ0n) is 13.6. The van der Waals surface area contributed by atoms with Gasteiger partial charge in [0.2, 0.25) is 0 Å². The number of nitro groups is 1. The van der Waals surface area contributed by atoms with Crippen LogP contribution in [0.1, 0.15) is 42.6 Å². The normalized spacial score (nSPS) is 10.7. The zero-order chi connectivity index (χ0) is 16.5. The highest BCUT2D eigenvalue weighted by Crippen LogP contribution is 2.20. The first-order chi connectivity index (χ1) is 10.5. The Morgan fingerprint density at radius 2 is 1.95 bits per heavy atom. The first-order valence-corrected chi connectivity index (χ1v) is 7.75. The summed E-state index contributed by atoms with van der Waals surface area (Å²) in [5.74, 6) is -0.246. The number of nitro benzene ring substituents is 1. The largest absolute Gasteiger partial charge is 0.352 e. The average Bonchev–Trinajstić information content (AvgIpc) is 2.50. The average molecular weight is 307 g/mol. The molecule has 1 rings (SSSR count). The number of rotatable bonds is 9. The summed E-state index contributed by atoms with van der Waals surface area (Å²) < 4.78 is 0. The van der Waals surface area contributed by atoms with Crippen molar-refractivity contribution >= 4 is 11.6 Å². The Hall–Kier alpha value is -1.95. The van der Waals surface area contributed by atoms with Gasteiger partial charge in [0.05, 0.1) is 4.92 Å². The van der Waals surface area contributed by atoms with Gasteiger partial charge in [0, 0.05) is 23.7 Å². The molecule has 22 heavy (non-hydrogen) atoms. The van der Waals surface area contributed by atoms with E-state index in [1.54, 1.807) is 19.1 Å². The van der Waals surface area contributed by atoms with E-state index in [2.05, 4.69) is 24.1 Å². The molecule has 0 unspecified atom stereocenters. The fourth-order valence-corrected chi connectivity index (χ4v) is 2.36. The molecule has 122 valence electrons. The topological polar surface area (TPSA) is 75.5 Å². The van der Waals surface area contributed by atoms with Gasteiger partial charge in [-0.05, 0) is 45.5 Å². The lowest BCUT2D eigenvalue weighted by Crippen LogP contribution is -2.27. The third-order valence-corrected chi connectivity index (χ3v) is 3.83. The van der Waals surface area contributed by atoms with Crippen molar-refractivity contribution in [3.8, 4) is 0 Å². The van der Waals surface area contributed by atoms with E-state index in [1.807, 2.05) is 0 Å². The predicted molar refractivity (Wildman–Crippen MR) is 87.2 cm³/mol. The molecule has 0 aromatic heterocycles. The van der Waals surface area contributed by atoms with Crippen LogP contribution in [0.25, 0.3) is 0 Å². The van der Waals surface area contributed by atoms with Crippen molar-refractivity contribution in [3.05, 3.63) is 39.4 Å². The summed E-state index contributed by atoms with van der Waals surface area (Å²) in [6.45, 7) is 9.56. The van der Waals surface area contributed by atoms with E-state index in [-0.39, 0.29) is 11.6 Å². The van der Waals surface area contributed by atoms with Gasteiger partial charge in [0.25, 0.3) is 11.6 Å². The summed E-state index contributed by atoms with van der Waals surface area (Å²) in [6.07, 6.45) is 1.92. The van der Waals surface area contributed by atoms with E-state index in [0.717, 1.165) is 32.5 Å². The van der Waals surface area contributed by atoms with Crippen molar-refractivity contribution in [2.75, 3.05) is 26.2 Å². The van der Waals surface area contributed by atoms with Gasteiger partial charge in [-0.25, -0.2) is 0 Å². The van der Waals surface area contributed by atoms with Gasteiger partial charge in [0.1, 0.15) is 0 Å². The Bertz CT molecular complexity index is 513. The number of hydrogen-bond acceptors (Lipinski definition) is 4. The van der Waals surface area contributed by atoms with Gasteiger partial charge in [-0.1, -0.05) is 19.9 Å². The highest BCUT2D eigenvalue weighted by molar-refractivity contribution is 5.96. The Morgan fingerprint density at radius 3 is 2.55 bits per heavy atom. The number of amides is 1. The van der Waals surface area contributed by atoms with Crippen LogP contribution >= 0.6 is 0 Å². The number of nitrogens with zero attached hydrogens (tertiary/aromatic N) is 2. The maximum absolute atomic E-state index is 12.1. The van der Waals surface area contributed by atoms with E-state index in [4.69, 9.17) is 0 Å². The van der Waals surface area contributed by atoms with Crippen molar-refractivity contribution in [1.82, 2.24) is 10.2 Å². The highest BCUT2D eigenvalue weighted by atomic mass is 16.6. The maximum Gasteiger partial charge on any atom is 0.273 e. The van der Waals surface area contributed by atoms with Crippen LogP contribution < -0.4 is 5.32 Å². The third kappa shape index (κ3) is 5.11. The molecule has 0 aliphatic rings. The summed E-state index contributed by atoms with van der Waals surface area (Å²) in [5.41, 5.74) is 0.764. The van der Waals surface area contributed by atoms with Gasteiger partial charge < -0.3 is 10.2 Å². The molecular formula is C16H25N3O3. The lowest BCUT2D eigenvalue weighted by Gasteiger charge is -2.17. The number of unbranched alkanes of at least 4 members (excludes halogenated alkanes) is 1. The zero-order valence-corrected chi connectivity index (χ0v) is 13.6. The molecule has 1 aromatic carbocycles. The van der Waals surface area contributed by atoms with Crippen molar-refractivity contribution in [3.63, 3.8) is 0 Å². The summed E-state index contributed by atoms with van der Waals surface area (Å²) in [7, 11) is 0. The number of hydrogen-bond donors (Lipinski definition) is 1. The summed E-state index contributed by atoms with van der Waals surface area (Å²) >= 11 is 0. The summed E-state index contributed by atoms with van der Waals surface area (Å²) in [5, 5.41) is 13.7. The van der Waals surface area contributed by atoms with E-state index >= 15 is 0 Å². The Kier molecular flexibility index (Phi) is 7.52. The van der Waals surface area contributed by atoms with E-state index in [0.29, 0.717) is 17.7 Å². The smallest absolute Gasteiger partial charge is 0.273 e. The predicted octanol–water partition coefficient (Wildman–Crippen LogP) is 2.76. The number of carbonyl (C=O) groups excluding carboxylic acids is 1. The van der Waals surface area contributed by atoms with Crippen LogP contribution in [0, 0.1) is 17.0 Å². The van der Waals surface area contributed by atoms with Crippen molar-refractivity contribution in [2.24, 2.45) is 0 Å². The first-order valence-electron chi connectivity index (χ1n) is 7.75. The molecule has 6 heteroatoms. The van der Waals surface area contributed by atoms with Gasteiger partial charge in [-0.15, -0.1) is 0 Å². The molecule has 0 bridgehead atoms. The molecule has 0 radical (unpaired) electrons. The van der Waals surface area contributed by atoms with Crippen LogP contribution in [0.3, 0.4) is 0 Å². The lowest BCUT2D eigenvalue weighted by molar-refractivity contribution is -0.385. The maximum atomic E-state index is 12.1. The molecule has 0 aliphatic heterocycles. The highest BCUT2D eigenvalue weighted by Gasteiger charge is 2.17. The van der Waals surface area contributed by atoms with Crippen LogP contribution in [0.2, 0.25) is 0 Å². The quantitative estimate of drug-likeness (QED) is 0.432. The fraction of sp³-hybridized carbons (Fsp3) is 0.562. The minimum Gasteiger partial charge on any atom is -0.352 e. The fourth-order valence-electron chi connectivity index (χ4n) is 2.36. The minimum absolute atomic E-state index is 0.0193. The van der Waals surface area contributed by atoms with Gasteiger partial charge >= 0.3 is 0 Å². The Morgan fingerprint density at radius 1 is 1.27 bits per heavy atom. The van der Waals surface area contributed by atoms with Crippen LogP contribution in [0.4, 0.5) is 5.69 Å². The molecular weight excluding hydrogens is 282 g/mol. The molecule has 1 N–H and O–H groups in total. The SMILES string of the molecule is CCN(CC)CCCCNC(=O)c1cccc([N+](=O)[O-])c1C. The molecule has 6 nitrogen and oxygen atoms in total. The molecule has 1 amide bonds. The van der Waals surface area contributed by atoms with Crippen LogP contribution in [0.5, 0.6) is 0 Å². The molecule has 0 fully saturated rings. The molecule has 0 aliphatic carbocycles. The van der Waals surface area contributed by atoms with Crippen molar-refractivity contribution in [2.45, 2.75) is 33.6 Å². The van der Waals surface area contributed by atoms with Gasteiger partial charge in [-0.3, -0.25) is 14.9 Å². The molecule has 0 spiro atoms. The monoisotopic (exact) mass is 307 g/mol. The van der Waals surface area contributed by atoms with E-state index in [1.165, 1.54) is 6.07 Å². The minimum atomic E-state index is -0.462. The first kappa shape index (κ1) is 18.1. The molecule has 0 heterocycles. The Balaban J connectivity index is 2.47. The molecule has 0 atom stereocenters. The van der Waals surface area contributed by atoms with Crippen LogP contribution in [-0.2, 0) is 0 Å². The van der Waals surface area contributed by atoms with E-state index in [9.17, 15) is 14.9 Å². The standard InChI is InChI=1S/C16H25N3O3/c1-4-18(5-2)12-7-6-11-17-16(20)14-9-8-10-15(13(14)3)19(21)22/h8-10H,4-7,11-12H2,1-3H3,(H,17,20). The summed E-state index contributed by atoms with van der Waals surface area (Å²) in [6, 6.07) is 4.57. The van der Waals surface area contributed by atoms with Crippen molar-refractivity contribution in [1.29, 1.82) is 0 Å². The van der Waals surface area contributed by atoms with E-state index < -0.39 is 4.92 Å². The third-order valence-electron chi connectivity index (χ3n) is 3.83. The Labute approximate surface area is 131 Å². The second-order valence-electron chi connectivity index (χ2n) is 5.20. The van der Waals surface area contributed by atoms with Gasteiger partial charge in [0.15, 0.2) is 0 Å². The summed E-state index contributed by atoms with van der Waals surface area (Å²) in [4.78, 5) is 24.9. The lowest BCUT2D eigenvalue weighted by atomic mass is 10.1. The van der Waals surface area contributed by atoms with Gasteiger partial charge in [-0.2, -0.15) is 0 Å². The number of nitrogens with one attached hydrogen (secondary N) is 1. The van der Waals surface area contributed by atoms with Crippen LogP contribution in [-0.4, -0.2) is 41.9 Å². The molecule has 1 aromatic rings. The second-order valence-corrected chi connectivity index (χ2v) is 5.20. The number of carbonyl (C=O) groups is 1.